The Labute approximate surface area is 123 Å². The van der Waals surface area contributed by atoms with Crippen molar-refractivity contribution in [3.05, 3.63) is 63.1 Å². The van der Waals surface area contributed by atoms with E-state index in [2.05, 4.69) is 21.2 Å². The van der Waals surface area contributed by atoms with E-state index in [4.69, 9.17) is 11.6 Å². The van der Waals surface area contributed by atoms with E-state index < -0.39 is 5.82 Å². The minimum absolute atomic E-state index is 0.0356. The molecule has 0 aromatic heterocycles. The normalized spacial score (nSPS) is 12.3. The van der Waals surface area contributed by atoms with Crippen molar-refractivity contribution in [2.45, 2.75) is 13.0 Å². The van der Waals surface area contributed by atoms with Crippen molar-refractivity contribution in [2.75, 3.05) is 5.32 Å². The number of nitrogens with one attached hydrogen (secondary N) is 1. The fourth-order valence-corrected chi connectivity index (χ4v) is 2.29. The van der Waals surface area contributed by atoms with Gasteiger partial charge in [-0.25, -0.2) is 8.78 Å². The lowest BCUT2D eigenvalue weighted by Gasteiger charge is -2.17. The minimum Gasteiger partial charge on any atom is -0.376 e. The summed E-state index contributed by atoms with van der Waals surface area (Å²) in [7, 11) is 0. The number of anilines is 1. The van der Waals surface area contributed by atoms with E-state index in [0.29, 0.717) is 10.0 Å². The highest BCUT2D eigenvalue weighted by atomic mass is 79.9. The topological polar surface area (TPSA) is 12.0 Å². The van der Waals surface area contributed by atoms with E-state index in [1.807, 2.05) is 0 Å². The van der Waals surface area contributed by atoms with Crippen molar-refractivity contribution in [3.8, 4) is 0 Å². The second-order valence-corrected chi connectivity index (χ2v) is 5.46. The van der Waals surface area contributed by atoms with Gasteiger partial charge < -0.3 is 5.32 Å². The maximum Gasteiger partial charge on any atom is 0.164 e. The van der Waals surface area contributed by atoms with Crippen molar-refractivity contribution >= 4 is 33.2 Å². The van der Waals surface area contributed by atoms with E-state index in [9.17, 15) is 8.78 Å². The molecule has 2 aromatic rings. The fourth-order valence-electron chi connectivity index (χ4n) is 1.78. The van der Waals surface area contributed by atoms with Crippen LogP contribution in [0.25, 0.3) is 0 Å². The Kier molecular flexibility index (Phi) is 4.42. The van der Waals surface area contributed by atoms with Gasteiger partial charge in [-0.3, -0.25) is 0 Å². The predicted molar refractivity (Wildman–Crippen MR) is 77.5 cm³/mol. The molecule has 0 fully saturated rings. The molecule has 100 valence electrons. The molecule has 0 saturated carbocycles. The first-order valence-electron chi connectivity index (χ1n) is 5.64. The lowest BCUT2D eigenvalue weighted by atomic mass is 10.1. The quantitative estimate of drug-likeness (QED) is 0.768. The van der Waals surface area contributed by atoms with E-state index >= 15 is 0 Å². The molecular weight excluding hydrogens is 336 g/mol. The molecule has 0 amide bonds. The summed E-state index contributed by atoms with van der Waals surface area (Å²) in [5.41, 5.74) is 0.713. The predicted octanol–water partition coefficient (Wildman–Crippen LogP) is 5.55. The van der Waals surface area contributed by atoms with Gasteiger partial charge in [-0.15, -0.1) is 0 Å². The van der Waals surface area contributed by atoms with Crippen LogP contribution in [0.5, 0.6) is 0 Å². The SMILES string of the molecule is CC(Nc1cccc(Cl)c1F)c1ccc(Br)cc1F. The highest BCUT2D eigenvalue weighted by molar-refractivity contribution is 9.10. The number of halogens is 4. The van der Waals surface area contributed by atoms with Gasteiger partial charge in [0.25, 0.3) is 0 Å². The van der Waals surface area contributed by atoms with Gasteiger partial charge in [0.05, 0.1) is 16.8 Å². The Morgan fingerprint density at radius 2 is 1.95 bits per heavy atom. The van der Waals surface area contributed by atoms with Crippen molar-refractivity contribution in [3.63, 3.8) is 0 Å². The molecule has 0 aliphatic carbocycles. The lowest BCUT2D eigenvalue weighted by Crippen LogP contribution is -2.09. The summed E-state index contributed by atoms with van der Waals surface area (Å²) < 4.78 is 28.2. The Balaban J connectivity index is 2.25. The standard InChI is InChI=1S/C14H11BrClF2N/c1-8(10-6-5-9(15)7-12(10)17)19-13-4-2-3-11(16)14(13)18/h2-8,19H,1H3. The largest absolute Gasteiger partial charge is 0.376 e. The molecule has 1 unspecified atom stereocenters. The fraction of sp³-hybridized carbons (Fsp3) is 0.143. The zero-order valence-electron chi connectivity index (χ0n) is 10.1. The molecule has 19 heavy (non-hydrogen) atoms. The average Bonchev–Trinajstić information content (AvgIpc) is 2.34. The molecule has 2 rings (SSSR count). The maximum absolute atomic E-state index is 13.8. The van der Waals surface area contributed by atoms with Crippen LogP contribution in [0.4, 0.5) is 14.5 Å². The Hall–Kier alpha value is -1.13. The van der Waals surface area contributed by atoms with Gasteiger partial charge in [0, 0.05) is 10.0 Å². The van der Waals surface area contributed by atoms with E-state index in [1.54, 1.807) is 31.2 Å². The highest BCUT2D eigenvalue weighted by Gasteiger charge is 2.14. The molecule has 0 saturated heterocycles. The maximum atomic E-state index is 13.8. The van der Waals surface area contributed by atoms with Crippen LogP contribution < -0.4 is 5.32 Å². The van der Waals surface area contributed by atoms with Crippen molar-refractivity contribution < 1.29 is 8.78 Å². The molecule has 0 heterocycles. The lowest BCUT2D eigenvalue weighted by molar-refractivity contribution is 0.595. The number of hydrogen-bond acceptors (Lipinski definition) is 1. The molecule has 2 aromatic carbocycles. The average molecular weight is 347 g/mol. The van der Waals surface area contributed by atoms with Gasteiger partial charge >= 0.3 is 0 Å². The van der Waals surface area contributed by atoms with Crippen molar-refractivity contribution in [1.82, 2.24) is 0 Å². The van der Waals surface area contributed by atoms with Gasteiger partial charge in [0.15, 0.2) is 5.82 Å². The van der Waals surface area contributed by atoms with Gasteiger partial charge in [-0.05, 0) is 31.2 Å². The smallest absolute Gasteiger partial charge is 0.164 e. The summed E-state index contributed by atoms with van der Waals surface area (Å²) >= 11 is 8.90. The summed E-state index contributed by atoms with van der Waals surface area (Å²) in [6, 6.07) is 9.06. The van der Waals surface area contributed by atoms with Gasteiger partial charge in [-0.1, -0.05) is 39.7 Å². The molecule has 0 radical (unpaired) electrons. The molecule has 1 N–H and O–H groups in total. The van der Waals surface area contributed by atoms with Crippen LogP contribution in [0.1, 0.15) is 18.5 Å². The molecule has 0 aliphatic rings. The van der Waals surface area contributed by atoms with E-state index in [0.717, 1.165) is 0 Å². The number of rotatable bonds is 3. The Morgan fingerprint density at radius 1 is 1.21 bits per heavy atom. The van der Waals surface area contributed by atoms with E-state index in [1.165, 1.54) is 12.1 Å². The number of benzene rings is 2. The summed E-state index contributed by atoms with van der Waals surface area (Å²) in [6.07, 6.45) is 0. The van der Waals surface area contributed by atoms with Crippen LogP contribution in [-0.2, 0) is 0 Å². The Morgan fingerprint density at radius 3 is 2.63 bits per heavy atom. The van der Waals surface area contributed by atoms with Crippen molar-refractivity contribution in [2.24, 2.45) is 0 Å². The van der Waals surface area contributed by atoms with Gasteiger partial charge in [-0.2, -0.15) is 0 Å². The summed E-state index contributed by atoms with van der Waals surface area (Å²) in [5, 5.41) is 2.95. The van der Waals surface area contributed by atoms with Crippen molar-refractivity contribution in [1.29, 1.82) is 0 Å². The first kappa shape index (κ1) is 14.3. The van der Waals surface area contributed by atoms with E-state index in [-0.39, 0.29) is 22.6 Å². The third kappa shape index (κ3) is 3.25. The van der Waals surface area contributed by atoms with Crippen LogP contribution in [0.15, 0.2) is 40.9 Å². The first-order chi connectivity index (χ1) is 8.99. The third-order valence-corrected chi connectivity index (χ3v) is 3.54. The second kappa shape index (κ2) is 5.88. The molecule has 0 spiro atoms. The zero-order chi connectivity index (χ0) is 14.0. The molecule has 1 nitrogen and oxygen atoms in total. The molecule has 5 heteroatoms. The third-order valence-electron chi connectivity index (χ3n) is 2.75. The summed E-state index contributed by atoms with van der Waals surface area (Å²) in [4.78, 5) is 0. The van der Waals surface area contributed by atoms with Gasteiger partial charge in [0.1, 0.15) is 5.82 Å². The second-order valence-electron chi connectivity index (χ2n) is 4.13. The molecule has 0 aliphatic heterocycles. The highest BCUT2D eigenvalue weighted by Crippen LogP contribution is 2.28. The number of hydrogen-bond donors (Lipinski definition) is 1. The molecule has 0 bridgehead atoms. The van der Waals surface area contributed by atoms with Gasteiger partial charge in [0.2, 0.25) is 0 Å². The zero-order valence-corrected chi connectivity index (χ0v) is 12.4. The van der Waals surface area contributed by atoms with Crippen LogP contribution >= 0.6 is 27.5 Å². The molecular formula is C14H11BrClF2N. The Bertz CT molecular complexity index is 604. The molecule has 1 atom stereocenters. The summed E-state index contributed by atoms with van der Waals surface area (Å²) in [5.74, 6) is -0.884. The van der Waals surface area contributed by atoms with Crippen LogP contribution in [0, 0.1) is 11.6 Å². The first-order valence-corrected chi connectivity index (χ1v) is 6.81. The van der Waals surface area contributed by atoms with Crippen LogP contribution in [-0.4, -0.2) is 0 Å². The van der Waals surface area contributed by atoms with Crippen LogP contribution in [0.2, 0.25) is 5.02 Å². The minimum atomic E-state index is -0.534. The monoisotopic (exact) mass is 345 g/mol. The van der Waals surface area contributed by atoms with Crippen LogP contribution in [0.3, 0.4) is 0 Å². The summed E-state index contributed by atoms with van der Waals surface area (Å²) in [6.45, 7) is 1.76.